The molecule has 7 heteroatoms. The summed E-state index contributed by atoms with van der Waals surface area (Å²) in [5.41, 5.74) is 0.0452. The normalized spacial score (nSPS) is 12.7. The largest absolute Gasteiger partial charge is 0.396 e. The van der Waals surface area contributed by atoms with E-state index in [1.807, 2.05) is 0 Å². The van der Waals surface area contributed by atoms with Gasteiger partial charge in [-0.15, -0.1) is 23.1 Å². The minimum atomic E-state index is -0.684. The summed E-state index contributed by atoms with van der Waals surface area (Å²) in [6.45, 7) is 1.66. The fourth-order valence-corrected chi connectivity index (χ4v) is 3.36. The van der Waals surface area contributed by atoms with Gasteiger partial charge in [0.1, 0.15) is 4.21 Å². The Kier molecular flexibility index (Phi) is 5.20. The Morgan fingerprint density at radius 3 is 2.88 bits per heavy atom. The fraction of sp³-hybridized carbons (Fsp3) is 0.556. The van der Waals surface area contributed by atoms with Crippen molar-refractivity contribution in [2.75, 3.05) is 12.4 Å². The van der Waals surface area contributed by atoms with Gasteiger partial charge in [0.15, 0.2) is 0 Å². The van der Waals surface area contributed by atoms with E-state index in [1.54, 1.807) is 6.92 Å². The zero-order chi connectivity index (χ0) is 12.1. The van der Waals surface area contributed by atoms with Crippen LogP contribution in [0.1, 0.15) is 24.3 Å². The van der Waals surface area contributed by atoms with Crippen LogP contribution in [0.4, 0.5) is 5.69 Å². The Morgan fingerprint density at radius 1 is 1.69 bits per heavy atom. The maximum absolute atomic E-state index is 10.8. The number of aliphatic hydroxyl groups excluding tert-OH is 2. The van der Waals surface area contributed by atoms with Crippen molar-refractivity contribution >= 4 is 28.8 Å². The number of thioether (sulfide) groups is 1. The minimum Gasteiger partial charge on any atom is -0.396 e. The van der Waals surface area contributed by atoms with Crippen LogP contribution in [0.2, 0.25) is 0 Å². The first-order chi connectivity index (χ1) is 7.56. The van der Waals surface area contributed by atoms with E-state index in [4.69, 9.17) is 5.11 Å². The van der Waals surface area contributed by atoms with Crippen molar-refractivity contribution in [3.8, 4) is 0 Å². The van der Waals surface area contributed by atoms with Gasteiger partial charge in [0.25, 0.3) is 5.69 Å². The lowest BCUT2D eigenvalue weighted by Crippen LogP contribution is -1.89. The molecule has 1 aromatic heterocycles. The Hall–Kier alpha value is -0.630. The standard InChI is InChI=1S/C9H13NO4S2/c1-6(12)8-5-7(10(13)14)9(16-8)15-4-2-3-11/h5-6,11-12H,2-4H2,1H3/t6-/m0/s1. The number of rotatable bonds is 6. The van der Waals surface area contributed by atoms with Crippen LogP contribution in [0.5, 0.6) is 0 Å². The fourth-order valence-electron chi connectivity index (χ4n) is 1.05. The van der Waals surface area contributed by atoms with Gasteiger partial charge in [-0.3, -0.25) is 10.1 Å². The number of thiophene rings is 1. The molecular weight excluding hydrogens is 250 g/mol. The molecule has 0 unspecified atom stereocenters. The summed E-state index contributed by atoms with van der Waals surface area (Å²) in [6.07, 6.45) is -0.0834. The van der Waals surface area contributed by atoms with Crippen LogP contribution in [-0.2, 0) is 0 Å². The van der Waals surface area contributed by atoms with E-state index in [1.165, 1.54) is 29.2 Å². The number of hydrogen-bond donors (Lipinski definition) is 2. The molecule has 1 aromatic rings. The van der Waals surface area contributed by atoms with Crippen LogP contribution in [0.15, 0.2) is 10.3 Å². The molecule has 1 rings (SSSR count). The van der Waals surface area contributed by atoms with Crippen LogP contribution in [0.3, 0.4) is 0 Å². The lowest BCUT2D eigenvalue weighted by Gasteiger charge is -1.97. The Labute approximate surface area is 101 Å². The Morgan fingerprint density at radius 2 is 2.38 bits per heavy atom. The second-order valence-electron chi connectivity index (χ2n) is 3.18. The van der Waals surface area contributed by atoms with Crippen LogP contribution in [-0.4, -0.2) is 27.5 Å². The minimum absolute atomic E-state index is 0.0452. The van der Waals surface area contributed by atoms with E-state index in [9.17, 15) is 15.2 Å². The average molecular weight is 263 g/mol. The molecule has 0 radical (unpaired) electrons. The summed E-state index contributed by atoms with van der Waals surface area (Å²) in [5, 5.41) is 28.7. The first-order valence-corrected chi connectivity index (χ1v) is 6.56. The second-order valence-corrected chi connectivity index (χ2v) is 5.63. The summed E-state index contributed by atoms with van der Waals surface area (Å²) in [4.78, 5) is 10.9. The van der Waals surface area contributed by atoms with Crippen molar-refractivity contribution in [1.29, 1.82) is 0 Å². The average Bonchev–Trinajstić information content (AvgIpc) is 2.62. The number of aliphatic hydroxyl groups is 2. The van der Waals surface area contributed by atoms with E-state index in [0.717, 1.165) is 0 Å². The molecule has 0 saturated carbocycles. The molecule has 0 aliphatic rings. The molecule has 0 amide bonds. The Bertz CT molecular complexity index is 364. The molecule has 2 N–H and O–H groups in total. The van der Waals surface area contributed by atoms with Crippen LogP contribution < -0.4 is 0 Å². The predicted molar refractivity (Wildman–Crippen MR) is 64.0 cm³/mol. The van der Waals surface area contributed by atoms with Gasteiger partial charge in [-0.05, 0) is 13.3 Å². The van der Waals surface area contributed by atoms with E-state index >= 15 is 0 Å². The molecule has 5 nitrogen and oxygen atoms in total. The summed E-state index contributed by atoms with van der Waals surface area (Å²) in [5.74, 6) is 0.636. The maximum atomic E-state index is 10.8. The molecule has 90 valence electrons. The van der Waals surface area contributed by atoms with E-state index in [-0.39, 0.29) is 12.3 Å². The zero-order valence-corrected chi connectivity index (χ0v) is 10.4. The third-order valence-electron chi connectivity index (χ3n) is 1.84. The highest BCUT2D eigenvalue weighted by Gasteiger charge is 2.20. The topological polar surface area (TPSA) is 83.6 Å². The molecule has 16 heavy (non-hydrogen) atoms. The van der Waals surface area contributed by atoms with Gasteiger partial charge in [0.05, 0.1) is 11.0 Å². The lowest BCUT2D eigenvalue weighted by atomic mass is 10.3. The van der Waals surface area contributed by atoms with Gasteiger partial charge < -0.3 is 10.2 Å². The molecule has 0 aliphatic carbocycles. The van der Waals surface area contributed by atoms with E-state index in [2.05, 4.69) is 0 Å². The summed E-state index contributed by atoms with van der Waals surface area (Å²) in [7, 11) is 0. The molecule has 1 atom stereocenters. The molecule has 1 heterocycles. The van der Waals surface area contributed by atoms with Crippen molar-refractivity contribution in [3.05, 3.63) is 21.1 Å². The highest BCUT2D eigenvalue weighted by Crippen LogP contribution is 2.39. The lowest BCUT2D eigenvalue weighted by molar-refractivity contribution is -0.387. The van der Waals surface area contributed by atoms with Gasteiger partial charge in [-0.25, -0.2) is 0 Å². The highest BCUT2D eigenvalue weighted by molar-refractivity contribution is 8.01. The van der Waals surface area contributed by atoms with E-state index in [0.29, 0.717) is 21.3 Å². The van der Waals surface area contributed by atoms with Gasteiger partial charge in [0, 0.05) is 23.3 Å². The molecule has 0 fully saturated rings. The van der Waals surface area contributed by atoms with Crippen molar-refractivity contribution < 1.29 is 15.1 Å². The molecule has 0 bridgehead atoms. The monoisotopic (exact) mass is 263 g/mol. The first-order valence-electron chi connectivity index (χ1n) is 4.76. The molecule has 0 spiro atoms. The van der Waals surface area contributed by atoms with Gasteiger partial charge in [0.2, 0.25) is 0 Å². The van der Waals surface area contributed by atoms with Gasteiger partial charge in [-0.2, -0.15) is 0 Å². The van der Waals surface area contributed by atoms with Crippen LogP contribution in [0.25, 0.3) is 0 Å². The Balaban J connectivity index is 2.83. The number of nitro groups is 1. The predicted octanol–water partition coefficient (Wildman–Crippen LogP) is 2.18. The summed E-state index contributed by atoms with van der Waals surface area (Å²) in [6, 6.07) is 1.41. The number of nitrogens with zero attached hydrogens (tertiary/aromatic N) is 1. The van der Waals surface area contributed by atoms with Crippen molar-refractivity contribution in [2.24, 2.45) is 0 Å². The number of hydrogen-bond acceptors (Lipinski definition) is 6. The van der Waals surface area contributed by atoms with Gasteiger partial charge in [-0.1, -0.05) is 0 Å². The molecule has 0 aliphatic heterocycles. The maximum Gasteiger partial charge on any atom is 0.294 e. The van der Waals surface area contributed by atoms with Crippen molar-refractivity contribution in [3.63, 3.8) is 0 Å². The third-order valence-corrected chi connectivity index (χ3v) is 4.50. The van der Waals surface area contributed by atoms with Crippen molar-refractivity contribution in [1.82, 2.24) is 0 Å². The summed E-state index contributed by atoms with van der Waals surface area (Å²) < 4.78 is 0.592. The van der Waals surface area contributed by atoms with Crippen LogP contribution in [0, 0.1) is 10.1 Å². The van der Waals surface area contributed by atoms with Gasteiger partial charge >= 0.3 is 0 Å². The highest BCUT2D eigenvalue weighted by atomic mass is 32.2. The summed E-state index contributed by atoms with van der Waals surface area (Å²) >= 11 is 2.58. The molecular formula is C9H13NO4S2. The molecule has 0 saturated heterocycles. The quantitative estimate of drug-likeness (QED) is 0.356. The second kappa shape index (κ2) is 6.19. The van der Waals surface area contributed by atoms with Crippen molar-refractivity contribution in [2.45, 2.75) is 23.7 Å². The molecule has 0 aromatic carbocycles. The third kappa shape index (κ3) is 3.44. The van der Waals surface area contributed by atoms with E-state index < -0.39 is 11.0 Å². The smallest absolute Gasteiger partial charge is 0.294 e. The SMILES string of the molecule is C[C@H](O)c1cc([N+](=O)[O-])c(SCCCO)s1. The first kappa shape index (κ1) is 13.4. The zero-order valence-electron chi connectivity index (χ0n) is 8.75. The van der Waals surface area contributed by atoms with Crippen LogP contribution >= 0.6 is 23.1 Å².